The smallest absolute Gasteiger partial charge is 0.259 e. The zero-order valence-corrected chi connectivity index (χ0v) is 14.7. The van der Waals surface area contributed by atoms with Gasteiger partial charge in [0, 0.05) is 38.6 Å². The van der Waals surface area contributed by atoms with E-state index < -0.39 is 0 Å². The predicted molar refractivity (Wildman–Crippen MR) is 93.0 cm³/mol. The van der Waals surface area contributed by atoms with Crippen LogP contribution in [-0.2, 0) is 6.54 Å². The molecule has 1 amide bonds. The number of carbonyl (C=O) groups excluding carboxylic acids is 1. The van der Waals surface area contributed by atoms with E-state index in [9.17, 15) is 4.79 Å². The summed E-state index contributed by atoms with van der Waals surface area (Å²) in [5.74, 6) is 0.908. The van der Waals surface area contributed by atoms with Gasteiger partial charge in [0.25, 0.3) is 5.91 Å². The maximum Gasteiger partial charge on any atom is 0.259 e. The summed E-state index contributed by atoms with van der Waals surface area (Å²) >= 11 is 0. The highest BCUT2D eigenvalue weighted by Gasteiger charge is 2.28. The number of piperazine rings is 1. The summed E-state index contributed by atoms with van der Waals surface area (Å²) in [6, 6.07) is 10.5. The van der Waals surface area contributed by atoms with Crippen molar-refractivity contribution in [3.05, 3.63) is 52.9 Å². The highest BCUT2D eigenvalue weighted by atomic mass is 16.5. The lowest BCUT2D eigenvalue weighted by atomic mass is 10.0. The fourth-order valence-corrected chi connectivity index (χ4v) is 3.15. The van der Waals surface area contributed by atoms with E-state index in [-0.39, 0.29) is 11.8 Å². The van der Waals surface area contributed by atoms with Gasteiger partial charge in [-0.1, -0.05) is 49.3 Å². The number of aryl methyl sites for hydroxylation is 1. The highest BCUT2D eigenvalue weighted by molar-refractivity contribution is 5.96. The molecule has 0 unspecified atom stereocenters. The van der Waals surface area contributed by atoms with E-state index in [1.54, 1.807) is 0 Å². The molecule has 1 aliphatic rings. The lowest BCUT2D eigenvalue weighted by molar-refractivity contribution is 0.0625. The third-order valence-corrected chi connectivity index (χ3v) is 4.54. The summed E-state index contributed by atoms with van der Waals surface area (Å²) in [5, 5.41) is 3.99. The zero-order valence-electron chi connectivity index (χ0n) is 14.7. The molecule has 1 aliphatic heterocycles. The van der Waals surface area contributed by atoms with Crippen LogP contribution in [0.2, 0.25) is 0 Å². The molecule has 0 aliphatic carbocycles. The highest BCUT2D eigenvalue weighted by Crippen LogP contribution is 2.24. The number of carbonyl (C=O) groups is 1. The Bertz CT molecular complexity index is 686. The first kappa shape index (κ1) is 16.7. The van der Waals surface area contributed by atoms with Crippen molar-refractivity contribution in [2.45, 2.75) is 33.2 Å². The zero-order chi connectivity index (χ0) is 17.1. The van der Waals surface area contributed by atoms with Gasteiger partial charge in [-0.05, 0) is 12.5 Å². The summed E-state index contributed by atoms with van der Waals surface area (Å²) in [7, 11) is 0. The summed E-state index contributed by atoms with van der Waals surface area (Å²) < 4.78 is 5.36. The van der Waals surface area contributed by atoms with Crippen molar-refractivity contribution in [3.63, 3.8) is 0 Å². The summed E-state index contributed by atoms with van der Waals surface area (Å²) in [5.41, 5.74) is 2.66. The van der Waals surface area contributed by atoms with Gasteiger partial charge in [-0.15, -0.1) is 0 Å². The number of amides is 1. The fourth-order valence-electron chi connectivity index (χ4n) is 3.15. The van der Waals surface area contributed by atoms with Crippen molar-refractivity contribution in [1.29, 1.82) is 0 Å². The van der Waals surface area contributed by atoms with Gasteiger partial charge in [-0.2, -0.15) is 0 Å². The minimum Gasteiger partial charge on any atom is -0.360 e. The van der Waals surface area contributed by atoms with E-state index in [4.69, 9.17) is 4.52 Å². The third-order valence-electron chi connectivity index (χ3n) is 4.54. The maximum absolute atomic E-state index is 12.9. The van der Waals surface area contributed by atoms with Crippen LogP contribution in [0.1, 0.15) is 47.1 Å². The van der Waals surface area contributed by atoms with Crippen LogP contribution in [-0.4, -0.2) is 47.0 Å². The molecule has 2 heterocycles. The molecule has 24 heavy (non-hydrogen) atoms. The Balaban J connectivity index is 1.62. The second-order valence-corrected chi connectivity index (χ2v) is 6.72. The van der Waals surface area contributed by atoms with Crippen LogP contribution in [0.4, 0.5) is 0 Å². The quantitative estimate of drug-likeness (QED) is 0.866. The molecule has 1 saturated heterocycles. The fraction of sp³-hybridized carbons (Fsp3) is 0.474. The van der Waals surface area contributed by atoms with Crippen molar-refractivity contribution in [2.75, 3.05) is 26.2 Å². The Hall–Kier alpha value is -2.14. The van der Waals surface area contributed by atoms with E-state index in [0.29, 0.717) is 17.0 Å². The number of nitrogens with zero attached hydrogens (tertiary/aromatic N) is 3. The Morgan fingerprint density at radius 2 is 1.83 bits per heavy atom. The van der Waals surface area contributed by atoms with E-state index >= 15 is 0 Å². The van der Waals surface area contributed by atoms with Gasteiger partial charge in [0.2, 0.25) is 0 Å². The van der Waals surface area contributed by atoms with Crippen LogP contribution in [0.15, 0.2) is 34.9 Å². The first-order valence-electron chi connectivity index (χ1n) is 8.58. The van der Waals surface area contributed by atoms with Gasteiger partial charge < -0.3 is 9.42 Å². The van der Waals surface area contributed by atoms with Gasteiger partial charge in [-0.3, -0.25) is 9.69 Å². The van der Waals surface area contributed by atoms with Crippen molar-refractivity contribution in [3.8, 4) is 0 Å². The SMILES string of the molecule is Cc1noc(C(C)C)c1C(=O)N1CCN(Cc2ccccc2)CC1. The van der Waals surface area contributed by atoms with Crippen molar-refractivity contribution >= 4 is 5.91 Å². The average molecular weight is 327 g/mol. The van der Waals surface area contributed by atoms with Crippen molar-refractivity contribution in [2.24, 2.45) is 0 Å². The van der Waals surface area contributed by atoms with Crippen molar-refractivity contribution < 1.29 is 9.32 Å². The molecule has 128 valence electrons. The average Bonchev–Trinajstić information content (AvgIpc) is 2.98. The lowest BCUT2D eigenvalue weighted by Crippen LogP contribution is -2.48. The normalized spacial score (nSPS) is 15.9. The second-order valence-electron chi connectivity index (χ2n) is 6.72. The predicted octanol–water partition coefficient (Wildman–Crippen LogP) is 3.06. The van der Waals surface area contributed by atoms with Crippen LogP contribution in [0.3, 0.4) is 0 Å². The van der Waals surface area contributed by atoms with E-state index in [1.807, 2.05) is 31.7 Å². The second kappa shape index (κ2) is 7.18. The standard InChI is InChI=1S/C19H25N3O2/c1-14(2)18-17(15(3)20-24-18)19(23)22-11-9-21(10-12-22)13-16-7-5-4-6-8-16/h4-8,14H,9-13H2,1-3H3. The number of benzene rings is 1. The molecule has 0 radical (unpaired) electrons. The number of hydrogen-bond donors (Lipinski definition) is 0. The molecular weight excluding hydrogens is 302 g/mol. The summed E-state index contributed by atoms with van der Waals surface area (Å²) in [4.78, 5) is 17.2. The molecule has 3 rings (SSSR count). The third kappa shape index (κ3) is 3.51. The molecule has 1 aromatic carbocycles. The largest absolute Gasteiger partial charge is 0.360 e. The molecular formula is C19H25N3O2. The molecule has 2 aromatic rings. The summed E-state index contributed by atoms with van der Waals surface area (Å²) in [6.45, 7) is 10.1. The lowest BCUT2D eigenvalue weighted by Gasteiger charge is -2.34. The summed E-state index contributed by atoms with van der Waals surface area (Å²) in [6.07, 6.45) is 0. The Kier molecular flexibility index (Phi) is 5.00. The van der Waals surface area contributed by atoms with Crippen LogP contribution in [0, 0.1) is 6.92 Å². The molecule has 0 spiro atoms. The number of aromatic nitrogens is 1. The Morgan fingerprint density at radius 1 is 1.17 bits per heavy atom. The molecule has 0 N–H and O–H groups in total. The minimum absolute atomic E-state index is 0.0526. The maximum atomic E-state index is 12.9. The molecule has 0 atom stereocenters. The number of rotatable bonds is 4. The van der Waals surface area contributed by atoms with Crippen LogP contribution in [0.25, 0.3) is 0 Å². The topological polar surface area (TPSA) is 49.6 Å². The minimum atomic E-state index is 0.0526. The molecule has 5 nitrogen and oxygen atoms in total. The van der Waals surface area contributed by atoms with E-state index in [0.717, 1.165) is 32.7 Å². The van der Waals surface area contributed by atoms with Gasteiger partial charge in [0.05, 0.1) is 5.69 Å². The van der Waals surface area contributed by atoms with Gasteiger partial charge in [0.15, 0.2) is 5.76 Å². The van der Waals surface area contributed by atoms with Crippen molar-refractivity contribution in [1.82, 2.24) is 15.0 Å². The molecule has 0 bridgehead atoms. The molecule has 1 aromatic heterocycles. The van der Waals surface area contributed by atoms with E-state index in [2.05, 4.69) is 34.3 Å². The molecule has 0 saturated carbocycles. The van der Waals surface area contributed by atoms with Crippen LogP contribution >= 0.6 is 0 Å². The first-order chi connectivity index (χ1) is 11.6. The Morgan fingerprint density at radius 3 is 2.46 bits per heavy atom. The molecule has 5 heteroatoms. The van der Waals surface area contributed by atoms with E-state index in [1.165, 1.54) is 5.56 Å². The molecule has 1 fully saturated rings. The van der Waals surface area contributed by atoms with Gasteiger partial charge in [-0.25, -0.2) is 0 Å². The van der Waals surface area contributed by atoms with Gasteiger partial charge in [0.1, 0.15) is 5.56 Å². The Labute approximate surface area is 143 Å². The monoisotopic (exact) mass is 327 g/mol. The number of hydrogen-bond acceptors (Lipinski definition) is 4. The van der Waals surface area contributed by atoms with Crippen LogP contribution in [0.5, 0.6) is 0 Å². The van der Waals surface area contributed by atoms with Gasteiger partial charge >= 0.3 is 0 Å². The van der Waals surface area contributed by atoms with Crippen LogP contribution < -0.4 is 0 Å². The first-order valence-corrected chi connectivity index (χ1v) is 8.58.